The second kappa shape index (κ2) is 8.11. The first-order valence-corrected chi connectivity index (χ1v) is 10.1. The van der Waals surface area contributed by atoms with Crippen LogP contribution >= 0.6 is 0 Å². The molecule has 0 spiro atoms. The summed E-state index contributed by atoms with van der Waals surface area (Å²) >= 11 is 0. The normalized spacial score (nSPS) is 19.2. The molecule has 0 radical (unpaired) electrons. The smallest absolute Gasteiger partial charge is 0.348 e. The van der Waals surface area contributed by atoms with Crippen LogP contribution in [0.4, 0.5) is 0 Å². The molecule has 2 aromatic rings. The number of nitrogens with one attached hydrogen (secondary N) is 1. The van der Waals surface area contributed by atoms with Gasteiger partial charge in [-0.1, -0.05) is 12.8 Å². The van der Waals surface area contributed by atoms with Crippen LogP contribution in [0.1, 0.15) is 45.1 Å². The van der Waals surface area contributed by atoms with Crippen molar-refractivity contribution in [2.24, 2.45) is 0 Å². The third-order valence-electron chi connectivity index (χ3n) is 5.08. The van der Waals surface area contributed by atoms with Crippen molar-refractivity contribution in [1.29, 1.82) is 0 Å². The van der Waals surface area contributed by atoms with Gasteiger partial charge < -0.3 is 19.4 Å². The molecule has 4 rings (SSSR count). The highest BCUT2D eigenvalue weighted by atomic mass is 16.6. The number of carbonyl (C=O) groups excluding carboxylic acids is 2. The summed E-state index contributed by atoms with van der Waals surface area (Å²) < 4.78 is 11.3. The summed E-state index contributed by atoms with van der Waals surface area (Å²) in [7, 11) is 0. The molecule has 152 valence electrons. The highest BCUT2D eigenvalue weighted by molar-refractivity contribution is 6.26. The molecular formula is C22H25N3O4. The van der Waals surface area contributed by atoms with E-state index in [1.807, 2.05) is 17.0 Å². The summed E-state index contributed by atoms with van der Waals surface area (Å²) in [6.45, 7) is 5.04. The lowest BCUT2D eigenvalue weighted by Gasteiger charge is -2.23. The van der Waals surface area contributed by atoms with Crippen molar-refractivity contribution in [3.05, 3.63) is 47.3 Å². The van der Waals surface area contributed by atoms with Crippen LogP contribution in [-0.4, -0.2) is 45.8 Å². The number of H-pyrrole nitrogens is 1. The lowest BCUT2D eigenvalue weighted by Crippen LogP contribution is -2.27. The second-order valence-electron chi connectivity index (χ2n) is 7.62. The van der Waals surface area contributed by atoms with E-state index in [0.29, 0.717) is 5.88 Å². The van der Waals surface area contributed by atoms with E-state index in [1.54, 1.807) is 32.3 Å². The van der Waals surface area contributed by atoms with Crippen LogP contribution in [0.15, 0.2) is 41.7 Å². The molecule has 7 heteroatoms. The molecule has 0 bridgehead atoms. The highest BCUT2D eigenvalue weighted by Crippen LogP contribution is 2.32. The van der Waals surface area contributed by atoms with E-state index in [1.165, 1.54) is 0 Å². The van der Waals surface area contributed by atoms with Crippen LogP contribution in [0.5, 0.6) is 0 Å². The van der Waals surface area contributed by atoms with Gasteiger partial charge in [0.05, 0.1) is 6.10 Å². The van der Waals surface area contributed by atoms with Crippen LogP contribution < -0.4 is 0 Å². The topological polar surface area (TPSA) is 84.5 Å². The number of ketones is 1. The first-order valence-electron chi connectivity index (χ1n) is 10.1. The fraction of sp³-hybridized carbons (Fsp3) is 0.409. The number of ether oxygens (including phenoxy) is 2. The minimum absolute atomic E-state index is 0.00943. The summed E-state index contributed by atoms with van der Waals surface area (Å²) in [6, 6.07) is 3.75. The Balaban J connectivity index is 1.70. The Morgan fingerprint density at radius 2 is 2.03 bits per heavy atom. The van der Waals surface area contributed by atoms with Gasteiger partial charge in [0.15, 0.2) is 11.3 Å². The third-order valence-corrected chi connectivity index (χ3v) is 5.08. The van der Waals surface area contributed by atoms with Crippen molar-refractivity contribution >= 4 is 28.9 Å². The number of rotatable bonds is 4. The van der Waals surface area contributed by atoms with Gasteiger partial charge in [0.2, 0.25) is 11.7 Å². The minimum Gasteiger partial charge on any atom is -0.459 e. The fourth-order valence-electron chi connectivity index (χ4n) is 3.70. The summed E-state index contributed by atoms with van der Waals surface area (Å²) in [5, 5.41) is 0.880. The molecule has 2 aromatic heterocycles. The first-order chi connectivity index (χ1) is 14.0. The van der Waals surface area contributed by atoms with Crippen LogP contribution in [0.2, 0.25) is 0 Å². The quantitative estimate of drug-likeness (QED) is 0.484. The number of esters is 1. The van der Waals surface area contributed by atoms with Gasteiger partial charge in [0.25, 0.3) is 0 Å². The zero-order valence-corrected chi connectivity index (χ0v) is 16.7. The van der Waals surface area contributed by atoms with E-state index in [9.17, 15) is 9.59 Å². The number of aromatic nitrogens is 2. The summed E-state index contributed by atoms with van der Waals surface area (Å²) in [4.78, 5) is 35.2. The number of Topliss-reactive ketones (excluding diaryl/α,β-unsaturated/α-hetero) is 1. The Morgan fingerprint density at radius 1 is 1.28 bits per heavy atom. The van der Waals surface area contributed by atoms with Crippen molar-refractivity contribution in [3.63, 3.8) is 0 Å². The number of aromatic amines is 1. The van der Waals surface area contributed by atoms with Gasteiger partial charge in [-0.15, -0.1) is 0 Å². The molecule has 2 aliphatic rings. The molecule has 0 saturated carbocycles. The van der Waals surface area contributed by atoms with Crippen LogP contribution in [-0.2, 0) is 19.1 Å². The van der Waals surface area contributed by atoms with E-state index in [2.05, 4.69) is 9.97 Å². The van der Waals surface area contributed by atoms with Crippen LogP contribution in [0.25, 0.3) is 17.1 Å². The number of nitrogens with zero attached hydrogens (tertiary/aromatic N) is 2. The van der Waals surface area contributed by atoms with E-state index in [4.69, 9.17) is 9.47 Å². The maximum absolute atomic E-state index is 13.1. The van der Waals surface area contributed by atoms with E-state index in [-0.39, 0.29) is 17.4 Å². The number of fused-ring (bicyclic) bond motifs is 1. The molecule has 1 N–H and O–H groups in total. The van der Waals surface area contributed by atoms with E-state index < -0.39 is 11.8 Å². The van der Waals surface area contributed by atoms with E-state index in [0.717, 1.165) is 55.4 Å². The molecule has 0 unspecified atom stereocenters. The molecule has 7 nitrogen and oxygen atoms in total. The fourth-order valence-corrected chi connectivity index (χ4v) is 3.70. The van der Waals surface area contributed by atoms with Gasteiger partial charge in [-0.05, 0) is 44.9 Å². The number of likely N-dealkylation sites (tertiary alicyclic amines) is 1. The maximum Gasteiger partial charge on any atom is 0.348 e. The lowest BCUT2D eigenvalue weighted by atomic mass is 10.1. The van der Waals surface area contributed by atoms with Crippen LogP contribution in [0.3, 0.4) is 0 Å². The van der Waals surface area contributed by atoms with Crippen molar-refractivity contribution in [2.75, 3.05) is 13.1 Å². The SMILES string of the molecule is CC(C)OC(=O)C1=C(N2CCCCCC2)O/C(=C\c2c[nH]c3ncccc23)C1=O. The van der Waals surface area contributed by atoms with Crippen molar-refractivity contribution < 1.29 is 19.1 Å². The number of carbonyl (C=O) groups is 2. The molecule has 0 amide bonds. The standard InChI is InChI=1S/C22H25N3O4/c1-14(2)28-22(27)18-19(26)17(29-21(18)25-10-5-3-4-6-11-25)12-15-13-24-20-16(15)8-7-9-23-20/h7-9,12-14H,3-6,10-11H2,1-2H3,(H,23,24)/b17-12-. The average molecular weight is 395 g/mol. The molecular weight excluding hydrogens is 370 g/mol. The number of hydrogen-bond donors (Lipinski definition) is 1. The van der Waals surface area contributed by atoms with Gasteiger partial charge in [0, 0.05) is 36.4 Å². The van der Waals surface area contributed by atoms with Crippen LogP contribution in [0, 0.1) is 0 Å². The monoisotopic (exact) mass is 395 g/mol. The Morgan fingerprint density at radius 3 is 2.76 bits per heavy atom. The predicted octanol–water partition coefficient (Wildman–Crippen LogP) is 3.54. The minimum atomic E-state index is -0.631. The molecule has 2 aliphatic heterocycles. The average Bonchev–Trinajstić information content (AvgIpc) is 3.11. The third kappa shape index (κ3) is 3.90. The summed E-state index contributed by atoms with van der Waals surface area (Å²) in [5.41, 5.74) is 1.50. The van der Waals surface area contributed by atoms with Gasteiger partial charge >= 0.3 is 5.97 Å². The molecule has 0 aromatic carbocycles. The van der Waals surface area contributed by atoms with Gasteiger partial charge in [0.1, 0.15) is 5.65 Å². The second-order valence-corrected chi connectivity index (χ2v) is 7.62. The first kappa shape index (κ1) is 19.2. The molecule has 0 atom stereocenters. The van der Waals surface area contributed by atoms with Crippen molar-refractivity contribution in [3.8, 4) is 0 Å². The van der Waals surface area contributed by atoms with Gasteiger partial charge in [-0.25, -0.2) is 9.78 Å². The molecule has 4 heterocycles. The lowest BCUT2D eigenvalue weighted by molar-refractivity contribution is -0.143. The van der Waals surface area contributed by atoms with Crippen molar-refractivity contribution in [1.82, 2.24) is 14.9 Å². The Hall–Kier alpha value is -3.09. The zero-order chi connectivity index (χ0) is 20.4. The molecule has 0 aliphatic carbocycles. The highest BCUT2D eigenvalue weighted by Gasteiger charge is 2.39. The number of hydrogen-bond acceptors (Lipinski definition) is 6. The van der Waals surface area contributed by atoms with Crippen molar-refractivity contribution in [2.45, 2.75) is 45.6 Å². The molecule has 29 heavy (non-hydrogen) atoms. The van der Waals surface area contributed by atoms with Gasteiger partial charge in [-0.2, -0.15) is 0 Å². The predicted molar refractivity (Wildman–Crippen MR) is 108 cm³/mol. The summed E-state index contributed by atoms with van der Waals surface area (Å²) in [6.07, 6.45) is 9.09. The van der Waals surface area contributed by atoms with E-state index >= 15 is 0 Å². The maximum atomic E-state index is 13.1. The number of allylic oxidation sites excluding steroid dienone is 1. The largest absolute Gasteiger partial charge is 0.459 e. The number of pyridine rings is 1. The Kier molecular flexibility index (Phi) is 5.38. The Labute approximate surface area is 169 Å². The molecule has 1 fully saturated rings. The summed E-state index contributed by atoms with van der Waals surface area (Å²) in [5.74, 6) is -0.613. The zero-order valence-electron chi connectivity index (χ0n) is 16.7. The molecule has 1 saturated heterocycles. The van der Waals surface area contributed by atoms with Gasteiger partial charge in [-0.3, -0.25) is 4.79 Å². The Bertz CT molecular complexity index is 994.